The molecule has 0 spiro atoms. The second-order valence-electron chi connectivity index (χ2n) is 6.80. The fraction of sp³-hybridized carbons (Fsp3) is 0.400. The van der Waals surface area contributed by atoms with Crippen LogP contribution in [0.3, 0.4) is 0 Å². The Bertz CT molecular complexity index is 821. The van der Waals surface area contributed by atoms with Crippen molar-refractivity contribution >= 4 is 33.8 Å². The van der Waals surface area contributed by atoms with E-state index in [9.17, 15) is 9.50 Å². The van der Waals surface area contributed by atoms with Gasteiger partial charge in [0, 0.05) is 34.4 Å². The van der Waals surface area contributed by atoms with E-state index in [1.807, 2.05) is 18.4 Å². The number of hydrogen-bond donors (Lipinski definition) is 1. The number of aliphatic hydroxyl groups excluding tert-OH is 1. The van der Waals surface area contributed by atoms with Crippen LogP contribution in [0.5, 0.6) is 0 Å². The van der Waals surface area contributed by atoms with Crippen LogP contribution in [-0.4, -0.2) is 45.1 Å². The largest absolute Gasteiger partial charge is 0.390 e. The second-order valence-corrected chi connectivity index (χ2v) is 7.64. The lowest BCUT2D eigenvalue weighted by Crippen LogP contribution is -2.45. The molecule has 0 aliphatic heterocycles. The molecule has 1 aliphatic carbocycles. The van der Waals surface area contributed by atoms with Crippen molar-refractivity contribution in [2.75, 3.05) is 12.8 Å². The molecule has 3 nitrogen and oxygen atoms in total. The molecule has 5 heteroatoms. The van der Waals surface area contributed by atoms with Crippen molar-refractivity contribution in [2.24, 2.45) is 0 Å². The monoisotopic (exact) mass is 358 g/mol. The van der Waals surface area contributed by atoms with E-state index in [0.717, 1.165) is 11.0 Å². The summed E-state index contributed by atoms with van der Waals surface area (Å²) in [4.78, 5) is 0. The molecule has 3 aromatic rings. The van der Waals surface area contributed by atoms with E-state index < -0.39 is 12.3 Å². The molecule has 1 atom stereocenters. The second kappa shape index (κ2) is 6.98. The third-order valence-corrected chi connectivity index (χ3v) is 6.08. The number of hydrogen-bond acceptors (Lipinski definition) is 3. The number of rotatable bonds is 6. The first-order valence-electron chi connectivity index (χ1n) is 8.76. The molecule has 4 rings (SSSR count). The fourth-order valence-electron chi connectivity index (χ4n) is 3.81. The topological polar surface area (TPSA) is 28.4 Å². The molecule has 1 N–H and O–H groups in total. The maximum Gasteiger partial charge on any atom is 0.103 e. The van der Waals surface area contributed by atoms with Gasteiger partial charge < -0.3 is 9.67 Å². The molecule has 1 saturated carbocycles. The number of aromatic nitrogens is 1. The minimum Gasteiger partial charge on any atom is -0.390 e. The number of para-hydroxylation sites is 2. The van der Waals surface area contributed by atoms with Gasteiger partial charge in [0.25, 0.3) is 0 Å². The van der Waals surface area contributed by atoms with Crippen molar-refractivity contribution in [2.45, 2.75) is 37.7 Å². The van der Waals surface area contributed by atoms with Crippen LogP contribution >= 0.6 is 11.9 Å². The van der Waals surface area contributed by atoms with Gasteiger partial charge >= 0.3 is 0 Å². The average Bonchev–Trinajstić information content (AvgIpc) is 2.92. The van der Waals surface area contributed by atoms with Crippen LogP contribution in [0.15, 0.2) is 48.5 Å². The Balaban J connectivity index is 1.59. The van der Waals surface area contributed by atoms with Crippen LogP contribution in [0.4, 0.5) is 4.39 Å². The van der Waals surface area contributed by atoms with E-state index >= 15 is 0 Å². The SMILES string of the molecule is CSN(CC(O)Cn1c2ccccc2c2ccccc21)C1CC(F)C1. The highest BCUT2D eigenvalue weighted by Crippen LogP contribution is 2.32. The quantitative estimate of drug-likeness (QED) is 0.668. The summed E-state index contributed by atoms with van der Waals surface area (Å²) in [5, 5.41) is 13.1. The van der Waals surface area contributed by atoms with E-state index in [4.69, 9.17) is 0 Å². The van der Waals surface area contributed by atoms with Gasteiger partial charge in [-0.3, -0.25) is 0 Å². The molecule has 132 valence electrons. The molecule has 1 heterocycles. The minimum atomic E-state index is -0.672. The van der Waals surface area contributed by atoms with E-state index in [0.29, 0.717) is 25.9 Å². The molecule has 1 unspecified atom stereocenters. The van der Waals surface area contributed by atoms with Crippen molar-refractivity contribution < 1.29 is 9.50 Å². The van der Waals surface area contributed by atoms with Crippen LogP contribution in [0.25, 0.3) is 21.8 Å². The van der Waals surface area contributed by atoms with Gasteiger partial charge in [0.1, 0.15) is 6.17 Å². The van der Waals surface area contributed by atoms with E-state index in [-0.39, 0.29) is 6.04 Å². The van der Waals surface area contributed by atoms with Crippen molar-refractivity contribution in [3.05, 3.63) is 48.5 Å². The van der Waals surface area contributed by atoms with Crippen molar-refractivity contribution in [1.82, 2.24) is 8.87 Å². The fourth-order valence-corrected chi connectivity index (χ4v) is 4.60. The Morgan fingerprint density at radius 2 is 1.68 bits per heavy atom. The third-order valence-electron chi connectivity index (χ3n) is 5.16. The summed E-state index contributed by atoms with van der Waals surface area (Å²) in [6.45, 7) is 1.09. The van der Waals surface area contributed by atoms with Crippen molar-refractivity contribution in [3.8, 4) is 0 Å². The Labute approximate surface area is 151 Å². The minimum absolute atomic E-state index is 0.248. The lowest BCUT2D eigenvalue weighted by Gasteiger charge is -2.39. The molecule has 0 bridgehead atoms. The Hall–Kier alpha value is -1.56. The average molecular weight is 358 g/mol. The van der Waals surface area contributed by atoms with Crippen molar-refractivity contribution in [1.29, 1.82) is 0 Å². The number of halogens is 1. The van der Waals surface area contributed by atoms with Gasteiger partial charge in [-0.15, -0.1) is 0 Å². The van der Waals surface area contributed by atoms with Crippen LogP contribution in [-0.2, 0) is 6.54 Å². The maximum absolute atomic E-state index is 13.2. The van der Waals surface area contributed by atoms with Crippen LogP contribution in [0, 0.1) is 0 Å². The van der Waals surface area contributed by atoms with Crippen molar-refractivity contribution in [3.63, 3.8) is 0 Å². The highest BCUT2D eigenvalue weighted by Gasteiger charge is 2.34. The first kappa shape index (κ1) is 16.9. The van der Waals surface area contributed by atoms with Gasteiger partial charge in [0.2, 0.25) is 0 Å². The lowest BCUT2D eigenvalue weighted by atomic mass is 9.90. The summed E-state index contributed by atoms with van der Waals surface area (Å²) < 4.78 is 17.5. The van der Waals surface area contributed by atoms with E-state index in [1.54, 1.807) is 11.9 Å². The zero-order chi connectivity index (χ0) is 17.4. The maximum atomic E-state index is 13.2. The molecule has 25 heavy (non-hydrogen) atoms. The molecule has 0 amide bonds. The van der Waals surface area contributed by atoms with E-state index in [2.05, 4.69) is 45.3 Å². The normalized spacial score (nSPS) is 21.8. The highest BCUT2D eigenvalue weighted by molar-refractivity contribution is 7.96. The van der Waals surface area contributed by atoms with Gasteiger partial charge in [-0.25, -0.2) is 8.70 Å². The number of fused-ring (bicyclic) bond motifs is 3. The number of benzene rings is 2. The molecular weight excluding hydrogens is 335 g/mol. The Morgan fingerprint density at radius 1 is 1.12 bits per heavy atom. The summed E-state index contributed by atoms with van der Waals surface area (Å²) in [5.74, 6) is 0. The predicted molar refractivity (Wildman–Crippen MR) is 104 cm³/mol. The lowest BCUT2D eigenvalue weighted by molar-refractivity contribution is 0.0699. The third kappa shape index (κ3) is 3.16. The van der Waals surface area contributed by atoms with Crippen LogP contribution in [0.1, 0.15) is 12.8 Å². The van der Waals surface area contributed by atoms with Gasteiger partial charge in [-0.1, -0.05) is 48.3 Å². The number of aliphatic hydroxyl groups is 1. The van der Waals surface area contributed by atoms with Gasteiger partial charge in [-0.05, 0) is 31.2 Å². The molecular formula is C20H23FN2OS. The number of nitrogens with zero attached hydrogens (tertiary/aromatic N) is 2. The van der Waals surface area contributed by atoms with Gasteiger partial charge in [0.05, 0.1) is 12.6 Å². The summed E-state index contributed by atoms with van der Waals surface area (Å²) in [7, 11) is 0. The standard InChI is InChI=1S/C20H23FN2OS/c1-25-23(15-10-14(21)11-15)13-16(24)12-22-19-8-4-2-6-17(19)18-7-3-5-9-20(18)22/h2-9,14-16,24H,10-13H2,1H3. The molecule has 0 radical (unpaired) electrons. The molecule has 1 aliphatic rings. The van der Waals surface area contributed by atoms with Crippen LogP contribution < -0.4 is 0 Å². The molecule has 2 aromatic carbocycles. The summed E-state index contributed by atoms with van der Waals surface area (Å²) in [5.41, 5.74) is 2.29. The zero-order valence-electron chi connectivity index (χ0n) is 14.3. The van der Waals surface area contributed by atoms with Gasteiger partial charge in [0.15, 0.2) is 0 Å². The highest BCUT2D eigenvalue weighted by atomic mass is 32.2. The Kier molecular flexibility index (Phi) is 4.71. The summed E-state index contributed by atoms with van der Waals surface area (Å²) >= 11 is 1.60. The van der Waals surface area contributed by atoms with Crippen LogP contribution in [0.2, 0.25) is 0 Å². The van der Waals surface area contributed by atoms with Gasteiger partial charge in [-0.2, -0.15) is 0 Å². The summed E-state index contributed by atoms with van der Waals surface area (Å²) in [6.07, 6.45) is 2.00. The smallest absolute Gasteiger partial charge is 0.103 e. The first-order chi connectivity index (χ1) is 12.2. The molecule has 0 saturated heterocycles. The first-order valence-corrected chi connectivity index (χ1v) is 9.94. The zero-order valence-corrected chi connectivity index (χ0v) is 15.1. The number of alkyl halides is 1. The summed E-state index contributed by atoms with van der Waals surface area (Å²) in [6, 6.07) is 16.9. The predicted octanol–water partition coefficient (Wildman–Crippen LogP) is 4.24. The van der Waals surface area contributed by atoms with E-state index in [1.165, 1.54) is 10.8 Å². The molecule has 1 aromatic heterocycles. The molecule has 1 fully saturated rings. The Morgan fingerprint density at radius 3 is 2.20 bits per heavy atom.